The van der Waals surface area contributed by atoms with Gasteiger partial charge in [0.05, 0.1) is 21.1 Å². The van der Waals surface area contributed by atoms with Crippen molar-refractivity contribution in [3.8, 4) is 0 Å². The Balaban J connectivity index is 1.59. The van der Waals surface area contributed by atoms with Gasteiger partial charge >= 0.3 is 0 Å². The fraction of sp³-hybridized carbons (Fsp3) is 0.0714. The van der Waals surface area contributed by atoms with Crippen LogP contribution in [0.15, 0.2) is 115 Å². The molecule has 0 aliphatic carbocycles. The summed E-state index contributed by atoms with van der Waals surface area (Å²) < 4.78 is 1.06. The van der Waals surface area contributed by atoms with Crippen molar-refractivity contribution in [1.29, 1.82) is 0 Å². The molecule has 32 heavy (non-hydrogen) atoms. The Labute approximate surface area is 191 Å². The number of hydrogen-bond donors (Lipinski definition) is 1. The average molecular weight is 435 g/mol. The lowest BCUT2D eigenvalue weighted by molar-refractivity contribution is -0.116. The standard InChI is InChI=1S/C28H22N2OS/c31-27(30-24-16-17-25-26(18-24)32-20-29-25)19-28(21-10-4-1-5-11-21,22-12-6-2-7-13-22)23-14-8-3-9-15-23/h1-18,20H,19H2,(H,30,31). The Kier molecular flexibility index (Phi) is 5.53. The molecule has 3 nitrogen and oxygen atoms in total. The molecule has 0 bridgehead atoms. The van der Waals surface area contributed by atoms with E-state index in [-0.39, 0.29) is 12.3 Å². The lowest BCUT2D eigenvalue weighted by atomic mass is 9.67. The van der Waals surface area contributed by atoms with Gasteiger partial charge in [-0.3, -0.25) is 4.79 Å². The zero-order valence-corrected chi connectivity index (χ0v) is 18.3. The van der Waals surface area contributed by atoms with E-state index in [1.807, 2.05) is 78.3 Å². The van der Waals surface area contributed by atoms with Crippen LogP contribution in [0.1, 0.15) is 23.1 Å². The molecule has 0 fully saturated rings. The highest BCUT2D eigenvalue weighted by Gasteiger charge is 2.38. The van der Waals surface area contributed by atoms with Crippen molar-refractivity contribution in [2.45, 2.75) is 11.8 Å². The maximum atomic E-state index is 13.5. The molecule has 0 unspecified atom stereocenters. The minimum absolute atomic E-state index is 0.0366. The van der Waals surface area contributed by atoms with Gasteiger partial charge < -0.3 is 5.32 Å². The Morgan fingerprint density at radius 3 is 1.81 bits per heavy atom. The first kappa shape index (κ1) is 20.2. The molecule has 1 N–H and O–H groups in total. The van der Waals surface area contributed by atoms with Crippen molar-refractivity contribution in [1.82, 2.24) is 4.98 Å². The van der Waals surface area contributed by atoms with Gasteiger partial charge in [-0.15, -0.1) is 11.3 Å². The summed E-state index contributed by atoms with van der Waals surface area (Å²) in [5, 5.41) is 3.13. The van der Waals surface area contributed by atoms with Crippen LogP contribution >= 0.6 is 11.3 Å². The fourth-order valence-electron chi connectivity index (χ4n) is 4.35. The van der Waals surface area contributed by atoms with Crippen molar-refractivity contribution in [2.24, 2.45) is 0 Å². The lowest BCUT2D eigenvalue weighted by Crippen LogP contribution is -2.34. The second kappa shape index (κ2) is 8.77. The van der Waals surface area contributed by atoms with E-state index in [1.54, 1.807) is 11.3 Å². The molecule has 5 rings (SSSR count). The van der Waals surface area contributed by atoms with Crippen LogP contribution in [0.2, 0.25) is 0 Å². The zero-order valence-electron chi connectivity index (χ0n) is 17.4. The topological polar surface area (TPSA) is 42.0 Å². The fourth-order valence-corrected chi connectivity index (χ4v) is 5.07. The highest BCUT2D eigenvalue weighted by Crippen LogP contribution is 2.42. The number of fused-ring (bicyclic) bond motifs is 1. The monoisotopic (exact) mass is 434 g/mol. The molecule has 0 radical (unpaired) electrons. The minimum Gasteiger partial charge on any atom is -0.326 e. The largest absolute Gasteiger partial charge is 0.326 e. The normalized spacial score (nSPS) is 11.4. The number of aromatic nitrogens is 1. The second-order valence-electron chi connectivity index (χ2n) is 7.76. The minimum atomic E-state index is -0.609. The summed E-state index contributed by atoms with van der Waals surface area (Å²) in [5.74, 6) is -0.0366. The van der Waals surface area contributed by atoms with Gasteiger partial charge in [0.2, 0.25) is 5.91 Å². The van der Waals surface area contributed by atoms with E-state index in [2.05, 4.69) is 46.7 Å². The summed E-state index contributed by atoms with van der Waals surface area (Å²) in [6, 6.07) is 36.7. The molecule has 0 spiro atoms. The third-order valence-corrected chi connectivity index (χ3v) is 6.63. The lowest BCUT2D eigenvalue weighted by Gasteiger charge is -2.35. The number of carbonyl (C=O) groups excluding carboxylic acids is 1. The highest BCUT2D eigenvalue weighted by atomic mass is 32.1. The molecule has 1 aromatic heterocycles. The predicted octanol–water partition coefficient (Wildman–Crippen LogP) is 6.66. The number of nitrogens with zero attached hydrogens (tertiary/aromatic N) is 1. The van der Waals surface area contributed by atoms with Crippen LogP contribution in [0.3, 0.4) is 0 Å². The van der Waals surface area contributed by atoms with Crippen LogP contribution in [0.5, 0.6) is 0 Å². The van der Waals surface area contributed by atoms with Crippen LogP contribution in [0.4, 0.5) is 5.69 Å². The van der Waals surface area contributed by atoms with Gasteiger partial charge in [-0.1, -0.05) is 91.0 Å². The number of amides is 1. The Morgan fingerprint density at radius 1 is 0.750 bits per heavy atom. The first-order valence-electron chi connectivity index (χ1n) is 10.6. The molecular formula is C28H22N2OS. The second-order valence-corrected chi connectivity index (χ2v) is 8.65. The maximum absolute atomic E-state index is 13.5. The summed E-state index contributed by atoms with van der Waals surface area (Å²) in [6.45, 7) is 0. The van der Waals surface area contributed by atoms with Crippen molar-refractivity contribution < 1.29 is 4.79 Å². The van der Waals surface area contributed by atoms with Crippen LogP contribution in [-0.2, 0) is 10.2 Å². The maximum Gasteiger partial charge on any atom is 0.225 e. The number of anilines is 1. The quantitative estimate of drug-likeness (QED) is 0.304. The Bertz CT molecular complexity index is 1230. The number of thiazole rings is 1. The van der Waals surface area contributed by atoms with Crippen molar-refractivity contribution in [2.75, 3.05) is 5.32 Å². The van der Waals surface area contributed by atoms with Gasteiger partial charge in [0, 0.05) is 12.1 Å². The zero-order chi connectivity index (χ0) is 21.8. The Hall–Kier alpha value is -3.76. The third kappa shape index (κ3) is 3.81. The third-order valence-electron chi connectivity index (χ3n) is 5.84. The predicted molar refractivity (Wildman–Crippen MR) is 132 cm³/mol. The van der Waals surface area contributed by atoms with E-state index >= 15 is 0 Å². The van der Waals surface area contributed by atoms with E-state index in [1.165, 1.54) is 0 Å². The van der Waals surface area contributed by atoms with Crippen LogP contribution < -0.4 is 5.32 Å². The van der Waals surface area contributed by atoms with Crippen molar-refractivity contribution in [3.63, 3.8) is 0 Å². The summed E-state index contributed by atoms with van der Waals surface area (Å²) in [6.07, 6.45) is 0.283. The van der Waals surface area contributed by atoms with E-state index < -0.39 is 5.41 Å². The molecule has 4 aromatic carbocycles. The first-order chi connectivity index (χ1) is 15.8. The molecule has 0 aliphatic heterocycles. The number of rotatable bonds is 6. The smallest absolute Gasteiger partial charge is 0.225 e. The molecule has 0 aliphatic rings. The average Bonchev–Trinajstić information content (AvgIpc) is 3.32. The highest BCUT2D eigenvalue weighted by molar-refractivity contribution is 7.16. The summed E-state index contributed by atoms with van der Waals surface area (Å²) in [5.41, 5.74) is 6.21. The van der Waals surface area contributed by atoms with E-state index in [0.717, 1.165) is 32.6 Å². The molecule has 0 atom stereocenters. The van der Waals surface area contributed by atoms with Crippen molar-refractivity contribution in [3.05, 3.63) is 131 Å². The summed E-state index contributed by atoms with van der Waals surface area (Å²) in [4.78, 5) is 17.8. The van der Waals surface area contributed by atoms with Gasteiger partial charge in [-0.2, -0.15) is 0 Å². The summed E-state index contributed by atoms with van der Waals surface area (Å²) >= 11 is 1.57. The van der Waals surface area contributed by atoms with Gasteiger partial charge in [0.25, 0.3) is 0 Å². The molecule has 1 heterocycles. The number of nitrogens with one attached hydrogen (secondary N) is 1. The number of carbonyl (C=O) groups is 1. The Morgan fingerprint density at radius 2 is 1.28 bits per heavy atom. The molecule has 5 aromatic rings. The van der Waals surface area contributed by atoms with E-state index in [0.29, 0.717) is 0 Å². The van der Waals surface area contributed by atoms with E-state index in [9.17, 15) is 4.79 Å². The summed E-state index contributed by atoms with van der Waals surface area (Å²) in [7, 11) is 0. The van der Waals surface area contributed by atoms with Gasteiger partial charge in [0.1, 0.15) is 0 Å². The number of benzene rings is 4. The van der Waals surface area contributed by atoms with Crippen LogP contribution in [0.25, 0.3) is 10.2 Å². The molecule has 0 saturated carbocycles. The first-order valence-corrected chi connectivity index (χ1v) is 11.4. The van der Waals surface area contributed by atoms with E-state index in [4.69, 9.17) is 0 Å². The molecule has 0 saturated heterocycles. The SMILES string of the molecule is O=C(CC(c1ccccc1)(c1ccccc1)c1ccccc1)Nc1ccc2ncsc2c1. The van der Waals surface area contributed by atoms with Gasteiger partial charge in [0.15, 0.2) is 0 Å². The molecule has 4 heteroatoms. The van der Waals surface area contributed by atoms with Gasteiger partial charge in [-0.25, -0.2) is 4.98 Å². The van der Waals surface area contributed by atoms with Crippen molar-refractivity contribution >= 4 is 33.1 Å². The van der Waals surface area contributed by atoms with Crippen LogP contribution in [0, 0.1) is 0 Å². The molecule has 156 valence electrons. The molecule has 1 amide bonds. The molecular weight excluding hydrogens is 412 g/mol. The van der Waals surface area contributed by atoms with Gasteiger partial charge in [-0.05, 0) is 34.9 Å². The van der Waals surface area contributed by atoms with Crippen LogP contribution in [-0.4, -0.2) is 10.9 Å². The number of hydrogen-bond acceptors (Lipinski definition) is 3.